The molecule has 0 fully saturated rings. The molecule has 0 bridgehead atoms. The third-order valence-electron chi connectivity index (χ3n) is 2.97. The van der Waals surface area contributed by atoms with E-state index in [1.807, 2.05) is 20.8 Å². The Labute approximate surface area is 141 Å². The number of hydrogen-bond acceptors (Lipinski definition) is 6. The summed E-state index contributed by atoms with van der Waals surface area (Å²) in [6.45, 7) is 10.9. The third-order valence-corrected chi connectivity index (χ3v) is 3.48. The fourth-order valence-electron chi connectivity index (χ4n) is 2.08. The van der Waals surface area contributed by atoms with Gasteiger partial charge in [-0.1, -0.05) is 0 Å². The molecule has 0 N–H and O–H groups in total. The van der Waals surface area contributed by atoms with E-state index in [4.69, 9.17) is 25.8 Å². The largest absolute Gasteiger partial charge is 0.464 e. The summed E-state index contributed by atoms with van der Waals surface area (Å²) in [7, 11) is 0. The highest BCUT2D eigenvalue weighted by Gasteiger charge is 2.50. The molecule has 7 heteroatoms. The lowest BCUT2D eigenvalue weighted by Crippen LogP contribution is -2.34. The van der Waals surface area contributed by atoms with Gasteiger partial charge in [-0.15, -0.1) is 11.6 Å². The highest BCUT2D eigenvalue weighted by Crippen LogP contribution is 2.37. The van der Waals surface area contributed by atoms with Crippen LogP contribution >= 0.6 is 11.6 Å². The second-order valence-electron chi connectivity index (χ2n) is 6.25. The number of carbonyl (C=O) groups is 2. The van der Waals surface area contributed by atoms with E-state index in [1.165, 1.54) is 0 Å². The zero-order chi connectivity index (χ0) is 17.8. The number of hydrogen-bond donors (Lipinski definition) is 0. The molecule has 130 valence electrons. The zero-order valence-electron chi connectivity index (χ0n) is 14.5. The molecule has 1 aliphatic heterocycles. The first-order valence-electron chi connectivity index (χ1n) is 7.53. The quantitative estimate of drug-likeness (QED) is 0.565. The van der Waals surface area contributed by atoms with Gasteiger partial charge in [0.1, 0.15) is 11.1 Å². The molecular formula is C16H24ClNO5. The second-order valence-corrected chi connectivity index (χ2v) is 6.51. The van der Waals surface area contributed by atoms with E-state index in [9.17, 15) is 9.59 Å². The van der Waals surface area contributed by atoms with E-state index < -0.39 is 23.1 Å². The van der Waals surface area contributed by atoms with Crippen LogP contribution in [0, 0.1) is 0 Å². The predicted octanol–water partition coefficient (Wildman–Crippen LogP) is 2.63. The summed E-state index contributed by atoms with van der Waals surface area (Å²) in [6, 6.07) is 0. The van der Waals surface area contributed by atoms with Crippen molar-refractivity contribution in [3.8, 4) is 0 Å². The van der Waals surface area contributed by atoms with E-state index >= 15 is 0 Å². The number of ether oxygens (including phenoxy) is 3. The molecule has 1 atom stereocenters. The number of aliphatic imine (C=N–C) groups is 1. The summed E-state index contributed by atoms with van der Waals surface area (Å²) < 4.78 is 15.9. The maximum Gasteiger partial charge on any atom is 0.344 e. The molecule has 0 saturated heterocycles. The minimum Gasteiger partial charge on any atom is -0.464 e. The van der Waals surface area contributed by atoms with Crippen LogP contribution < -0.4 is 0 Å². The van der Waals surface area contributed by atoms with Gasteiger partial charge in [-0.05, 0) is 41.5 Å². The molecule has 23 heavy (non-hydrogen) atoms. The number of esters is 2. The van der Waals surface area contributed by atoms with Crippen molar-refractivity contribution < 1.29 is 23.8 Å². The normalized spacial score (nSPS) is 23.0. The molecule has 0 saturated carbocycles. The van der Waals surface area contributed by atoms with Crippen LogP contribution in [0.2, 0.25) is 0 Å². The summed E-state index contributed by atoms with van der Waals surface area (Å²) in [5.41, 5.74) is -1.66. The first-order valence-corrected chi connectivity index (χ1v) is 8.07. The summed E-state index contributed by atoms with van der Waals surface area (Å²) >= 11 is 6.00. The summed E-state index contributed by atoms with van der Waals surface area (Å²) in [6.07, 6.45) is 0. The lowest BCUT2D eigenvalue weighted by atomic mass is 9.95. The van der Waals surface area contributed by atoms with Gasteiger partial charge in [-0.25, -0.2) is 14.6 Å². The summed E-state index contributed by atoms with van der Waals surface area (Å²) in [5.74, 6) is -1.31. The highest BCUT2D eigenvalue weighted by molar-refractivity contribution is 6.26. The number of carbonyl (C=O) groups excluding carboxylic acids is 2. The van der Waals surface area contributed by atoms with Gasteiger partial charge in [0, 0.05) is 0 Å². The van der Waals surface area contributed by atoms with E-state index in [0.717, 1.165) is 0 Å². The first-order chi connectivity index (χ1) is 10.6. The van der Waals surface area contributed by atoms with Gasteiger partial charge < -0.3 is 14.2 Å². The maximum atomic E-state index is 12.4. The monoisotopic (exact) mass is 345 g/mol. The van der Waals surface area contributed by atoms with Gasteiger partial charge in [0.25, 0.3) is 0 Å². The van der Waals surface area contributed by atoms with Crippen molar-refractivity contribution in [1.29, 1.82) is 0 Å². The zero-order valence-corrected chi connectivity index (χ0v) is 15.2. The molecule has 1 unspecified atom stereocenters. The van der Waals surface area contributed by atoms with E-state index in [-0.39, 0.29) is 36.1 Å². The molecule has 0 radical (unpaired) electrons. The van der Waals surface area contributed by atoms with Crippen molar-refractivity contribution in [1.82, 2.24) is 0 Å². The number of alkyl halides is 1. The fourth-order valence-corrected chi connectivity index (χ4v) is 2.27. The molecule has 1 heterocycles. The molecule has 0 aromatic rings. The smallest absolute Gasteiger partial charge is 0.344 e. The molecule has 6 nitrogen and oxygen atoms in total. The second kappa shape index (κ2) is 7.34. The number of halogens is 1. The minimum absolute atomic E-state index is 0.0108. The van der Waals surface area contributed by atoms with Crippen LogP contribution in [0.1, 0.15) is 41.5 Å². The van der Waals surface area contributed by atoms with E-state index in [2.05, 4.69) is 4.99 Å². The SMILES string of the molecule is CCOC(=O)C1=C(C(=O)OCC)C(C)(CCl)OC1=NC(C)(C)C. The standard InChI is InChI=1S/C16H24ClNO5/c1-7-21-13(19)10-11(14(20)22-8-2)16(6,9-17)23-12(10)18-15(3,4)5/h7-9H2,1-6H3. The third kappa shape index (κ3) is 4.47. The Morgan fingerprint density at radius 3 is 2.13 bits per heavy atom. The van der Waals surface area contributed by atoms with Crippen molar-refractivity contribution >= 4 is 29.4 Å². The van der Waals surface area contributed by atoms with Crippen molar-refractivity contribution in [2.45, 2.75) is 52.7 Å². The topological polar surface area (TPSA) is 74.2 Å². The first kappa shape index (κ1) is 19.5. The Morgan fingerprint density at radius 2 is 1.70 bits per heavy atom. The van der Waals surface area contributed by atoms with Crippen LogP contribution in [0.25, 0.3) is 0 Å². The van der Waals surface area contributed by atoms with Crippen LogP contribution in [-0.2, 0) is 23.8 Å². The lowest BCUT2D eigenvalue weighted by molar-refractivity contribution is -0.142. The average Bonchev–Trinajstić information content (AvgIpc) is 2.70. The van der Waals surface area contributed by atoms with E-state index in [0.29, 0.717) is 0 Å². The van der Waals surface area contributed by atoms with Crippen LogP contribution in [-0.4, -0.2) is 48.1 Å². The molecule has 0 aliphatic carbocycles. The highest BCUT2D eigenvalue weighted by atomic mass is 35.5. The van der Waals surface area contributed by atoms with Gasteiger partial charge in [0.2, 0.25) is 5.90 Å². The summed E-state index contributed by atoms with van der Waals surface area (Å²) in [4.78, 5) is 29.1. The van der Waals surface area contributed by atoms with Crippen LogP contribution in [0.4, 0.5) is 0 Å². The van der Waals surface area contributed by atoms with Crippen LogP contribution in [0.3, 0.4) is 0 Å². The molecule has 1 rings (SSSR count). The lowest BCUT2D eigenvalue weighted by Gasteiger charge is -2.24. The number of nitrogens with zero attached hydrogens (tertiary/aromatic N) is 1. The van der Waals surface area contributed by atoms with E-state index in [1.54, 1.807) is 20.8 Å². The predicted molar refractivity (Wildman–Crippen MR) is 87.7 cm³/mol. The van der Waals surface area contributed by atoms with Crippen molar-refractivity contribution in [2.75, 3.05) is 19.1 Å². The fraction of sp³-hybridized carbons (Fsp3) is 0.688. The van der Waals surface area contributed by atoms with Gasteiger partial charge >= 0.3 is 11.9 Å². The molecule has 0 amide bonds. The molecular weight excluding hydrogens is 322 g/mol. The van der Waals surface area contributed by atoms with Crippen molar-refractivity contribution in [3.63, 3.8) is 0 Å². The Kier molecular flexibility index (Phi) is 6.22. The minimum atomic E-state index is -1.19. The maximum absolute atomic E-state index is 12.4. The summed E-state index contributed by atoms with van der Waals surface area (Å²) in [5, 5.41) is 0. The average molecular weight is 346 g/mol. The Bertz CT molecular complexity index is 547. The molecule has 1 aliphatic rings. The van der Waals surface area contributed by atoms with Gasteiger partial charge in [0.05, 0.1) is 24.6 Å². The van der Waals surface area contributed by atoms with Gasteiger partial charge in [0.15, 0.2) is 5.60 Å². The molecule has 0 aromatic carbocycles. The van der Waals surface area contributed by atoms with Gasteiger partial charge in [-0.3, -0.25) is 0 Å². The Hall–Kier alpha value is -1.56. The molecule has 0 aromatic heterocycles. The number of rotatable bonds is 5. The molecule has 0 spiro atoms. The van der Waals surface area contributed by atoms with Crippen LogP contribution in [0.15, 0.2) is 16.1 Å². The Balaban J connectivity index is 3.56. The van der Waals surface area contributed by atoms with Crippen molar-refractivity contribution in [3.05, 3.63) is 11.1 Å². The van der Waals surface area contributed by atoms with Gasteiger partial charge in [-0.2, -0.15) is 0 Å². The Morgan fingerprint density at radius 1 is 1.17 bits per heavy atom. The van der Waals surface area contributed by atoms with Crippen LogP contribution in [0.5, 0.6) is 0 Å². The van der Waals surface area contributed by atoms with Crippen molar-refractivity contribution in [2.24, 2.45) is 4.99 Å².